The van der Waals surface area contributed by atoms with Gasteiger partial charge in [0.25, 0.3) is 0 Å². The van der Waals surface area contributed by atoms with E-state index in [0.29, 0.717) is 18.1 Å². The Kier molecular flexibility index (Phi) is 4.36. The highest BCUT2D eigenvalue weighted by molar-refractivity contribution is 5.47. The first-order chi connectivity index (χ1) is 8.63. The Labute approximate surface area is 109 Å². The van der Waals surface area contributed by atoms with E-state index in [-0.39, 0.29) is 0 Å². The molecule has 0 atom stereocenters. The first-order valence-corrected chi connectivity index (χ1v) is 6.74. The maximum absolute atomic E-state index is 5.91. The molecule has 100 valence electrons. The van der Waals surface area contributed by atoms with E-state index >= 15 is 0 Å². The number of hydrogen-bond donors (Lipinski definition) is 3. The average molecular weight is 249 g/mol. The molecule has 1 aromatic rings. The molecule has 1 aromatic heterocycles. The Bertz CT molecular complexity index is 371. The number of anilines is 2. The third-order valence-electron chi connectivity index (χ3n) is 3.23. The molecule has 1 aliphatic rings. The molecular weight excluding hydrogens is 226 g/mol. The summed E-state index contributed by atoms with van der Waals surface area (Å²) < 4.78 is 0. The molecule has 4 N–H and O–H groups in total. The number of hydrogen-bond acceptors (Lipinski definition) is 5. The molecule has 1 saturated carbocycles. The topological polar surface area (TPSA) is 75.9 Å². The van der Waals surface area contributed by atoms with Crippen molar-refractivity contribution in [2.75, 3.05) is 10.6 Å². The van der Waals surface area contributed by atoms with Gasteiger partial charge >= 0.3 is 0 Å². The van der Waals surface area contributed by atoms with Gasteiger partial charge < -0.3 is 16.4 Å². The smallest absolute Gasteiger partial charge is 0.131 e. The van der Waals surface area contributed by atoms with Crippen LogP contribution in [0.2, 0.25) is 0 Å². The predicted octanol–water partition coefficient (Wildman–Crippen LogP) is 1.98. The summed E-state index contributed by atoms with van der Waals surface area (Å²) in [6.45, 7) is 4.19. The van der Waals surface area contributed by atoms with Crippen LogP contribution in [0, 0.1) is 0 Å². The molecule has 0 radical (unpaired) electrons. The Morgan fingerprint density at radius 3 is 2.50 bits per heavy atom. The second-order valence-corrected chi connectivity index (χ2v) is 5.34. The van der Waals surface area contributed by atoms with Crippen LogP contribution in [0.1, 0.15) is 39.5 Å². The molecule has 5 heteroatoms. The maximum atomic E-state index is 5.91. The molecule has 18 heavy (non-hydrogen) atoms. The third kappa shape index (κ3) is 3.84. The van der Waals surface area contributed by atoms with E-state index in [1.807, 2.05) is 6.07 Å². The number of aromatic nitrogens is 2. The summed E-state index contributed by atoms with van der Waals surface area (Å²) in [4.78, 5) is 8.47. The van der Waals surface area contributed by atoms with Crippen LogP contribution in [0.4, 0.5) is 11.6 Å². The lowest BCUT2D eigenvalue weighted by atomic mass is 9.92. The number of nitrogens with zero attached hydrogens (tertiary/aromatic N) is 2. The molecule has 0 amide bonds. The largest absolute Gasteiger partial charge is 0.368 e. The second kappa shape index (κ2) is 6.00. The minimum absolute atomic E-state index is 0.375. The van der Waals surface area contributed by atoms with Crippen molar-refractivity contribution < 1.29 is 0 Å². The van der Waals surface area contributed by atoms with Crippen LogP contribution in [0.25, 0.3) is 0 Å². The van der Waals surface area contributed by atoms with Crippen LogP contribution in [0.5, 0.6) is 0 Å². The van der Waals surface area contributed by atoms with Gasteiger partial charge in [0, 0.05) is 24.2 Å². The van der Waals surface area contributed by atoms with Gasteiger partial charge in [0.2, 0.25) is 0 Å². The average Bonchev–Trinajstić information content (AvgIpc) is 2.32. The fourth-order valence-electron chi connectivity index (χ4n) is 2.28. The van der Waals surface area contributed by atoms with E-state index in [9.17, 15) is 0 Å². The summed E-state index contributed by atoms with van der Waals surface area (Å²) in [5.41, 5.74) is 5.91. The van der Waals surface area contributed by atoms with Crippen LogP contribution in [0.15, 0.2) is 12.4 Å². The monoisotopic (exact) mass is 249 g/mol. The van der Waals surface area contributed by atoms with Crippen molar-refractivity contribution >= 4 is 11.6 Å². The van der Waals surface area contributed by atoms with E-state index in [1.165, 1.54) is 0 Å². The summed E-state index contributed by atoms with van der Waals surface area (Å²) in [6.07, 6.45) is 6.04. The predicted molar refractivity (Wildman–Crippen MR) is 74.6 cm³/mol. The molecule has 0 aromatic carbocycles. The lowest BCUT2D eigenvalue weighted by Gasteiger charge is -2.27. The van der Waals surface area contributed by atoms with E-state index < -0.39 is 0 Å². The van der Waals surface area contributed by atoms with Crippen LogP contribution < -0.4 is 16.4 Å². The quantitative estimate of drug-likeness (QED) is 0.760. The number of nitrogens with one attached hydrogen (secondary N) is 2. The van der Waals surface area contributed by atoms with Crippen molar-refractivity contribution in [3.05, 3.63) is 12.4 Å². The Hall–Kier alpha value is -1.36. The van der Waals surface area contributed by atoms with Crippen molar-refractivity contribution in [1.29, 1.82) is 0 Å². The molecule has 0 unspecified atom stereocenters. The third-order valence-corrected chi connectivity index (χ3v) is 3.23. The van der Waals surface area contributed by atoms with Gasteiger partial charge in [0.15, 0.2) is 0 Å². The van der Waals surface area contributed by atoms with Crippen molar-refractivity contribution in [1.82, 2.24) is 9.97 Å². The molecular formula is C13H23N5. The molecule has 0 bridgehead atoms. The highest BCUT2D eigenvalue weighted by atomic mass is 15.1. The molecule has 1 fully saturated rings. The zero-order chi connectivity index (χ0) is 13.0. The lowest BCUT2D eigenvalue weighted by Crippen LogP contribution is -2.33. The number of nitrogens with two attached hydrogens (primary N) is 1. The van der Waals surface area contributed by atoms with Crippen LogP contribution in [-0.2, 0) is 0 Å². The Morgan fingerprint density at radius 2 is 1.83 bits per heavy atom. The molecule has 5 nitrogen and oxygen atoms in total. The first kappa shape index (κ1) is 13.1. The molecule has 0 aliphatic heterocycles. The van der Waals surface area contributed by atoms with Crippen molar-refractivity contribution in [2.24, 2.45) is 5.73 Å². The molecule has 0 saturated heterocycles. The summed E-state index contributed by atoms with van der Waals surface area (Å²) in [7, 11) is 0. The zero-order valence-corrected chi connectivity index (χ0v) is 11.2. The molecule has 1 heterocycles. The summed E-state index contributed by atoms with van der Waals surface area (Å²) in [6, 6.07) is 3.22. The normalized spacial score (nSPS) is 24.0. The van der Waals surface area contributed by atoms with Gasteiger partial charge in [-0.05, 0) is 39.5 Å². The minimum atomic E-state index is 0.375. The van der Waals surface area contributed by atoms with Crippen LogP contribution in [0.3, 0.4) is 0 Å². The molecule has 2 rings (SSSR count). The van der Waals surface area contributed by atoms with E-state index in [0.717, 1.165) is 37.3 Å². The Morgan fingerprint density at radius 1 is 1.17 bits per heavy atom. The highest BCUT2D eigenvalue weighted by Crippen LogP contribution is 2.21. The molecule has 0 spiro atoms. The lowest BCUT2D eigenvalue weighted by molar-refractivity contribution is 0.410. The summed E-state index contributed by atoms with van der Waals surface area (Å²) in [5, 5.41) is 6.75. The van der Waals surface area contributed by atoms with Gasteiger partial charge in [-0.1, -0.05) is 0 Å². The fraction of sp³-hybridized carbons (Fsp3) is 0.692. The van der Waals surface area contributed by atoms with E-state index in [4.69, 9.17) is 5.73 Å². The van der Waals surface area contributed by atoms with E-state index in [1.54, 1.807) is 6.33 Å². The number of rotatable bonds is 4. The minimum Gasteiger partial charge on any atom is -0.368 e. The highest BCUT2D eigenvalue weighted by Gasteiger charge is 2.18. The van der Waals surface area contributed by atoms with Gasteiger partial charge in [-0.3, -0.25) is 0 Å². The maximum Gasteiger partial charge on any atom is 0.131 e. The van der Waals surface area contributed by atoms with Crippen molar-refractivity contribution in [3.8, 4) is 0 Å². The second-order valence-electron chi connectivity index (χ2n) is 5.34. The van der Waals surface area contributed by atoms with Crippen molar-refractivity contribution in [3.63, 3.8) is 0 Å². The first-order valence-electron chi connectivity index (χ1n) is 6.74. The standard InChI is InChI=1S/C13H23N5/c1-9(2)17-12-7-13(16-8-15-12)18-11-5-3-10(14)4-6-11/h7-11H,3-6,14H2,1-2H3,(H2,15,16,17,18). The van der Waals surface area contributed by atoms with Crippen LogP contribution in [-0.4, -0.2) is 28.1 Å². The van der Waals surface area contributed by atoms with Gasteiger partial charge in [-0.2, -0.15) is 0 Å². The SMILES string of the molecule is CC(C)Nc1cc(NC2CCC(N)CC2)ncn1. The van der Waals surface area contributed by atoms with Crippen molar-refractivity contribution in [2.45, 2.75) is 57.7 Å². The zero-order valence-electron chi connectivity index (χ0n) is 11.2. The van der Waals surface area contributed by atoms with Gasteiger partial charge in [0.05, 0.1) is 0 Å². The fourth-order valence-corrected chi connectivity index (χ4v) is 2.28. The van der Waals surface area contributed by atoms with Gasteiger partial charge in [-0.25, -0.2) is 9.97 Å². The van der Waals surface area contributed by atoms with Gasteiger partial charge in [0.1, 0.15) is 18.0 Å². The van der Waals surface area contributed by atoms with Crippen LogP contribution >= 0.6 is 0 Å². The summed E-state index contributed by atoms with van der Waals surface area (Å²) >= 11 is 0. The van der Waals surface area contributed by atoms with Gasteiger partial charge in [-0.15, -0.1) is 0 Å². The summed E-state index contributed by atoms with van der Waals surface area (Å²) in [5.74, 6) is 1.77. The molecule has 1 aliphatic carbocycles. The van der Waals surface area contributed by atoms with E-state index in [2.05, 4.69) is 34.4 Å². The Balaban J connectivity index is 1.92.